The summed E-state index contributed by atoms with van der Waals surface area (Å²) in [6.45, 7) is 3.82. The van der Waals surface area contributed by atoms with Crippen molar-refractivity contribution in [3.63, 3.8) is 0 Å². The van der Waals surface area contributed by atoms with Gasteiger partial charge in [-0.25, -0.2) is 15.0 Å². The molecule has 0 spiro atoms. The van der Waals surface area contributed by atoms with E-state index in [0.29, 0.717) is 28.4 Å². The third-order valence-electron chi connectivity index (χ3n) is 4.19. The first-order valence-electron chi connectivity index (χ1n) is 8.69. The van der Waals surface area contributed by atoms with E-state index in [0.717, 1.165) is 16.9 Å². The number of fused-ring (bicyclic) bond motifs is 1. The summed E-state index contributed by atoms with van der Waals surface area (Å²) in [4.78, 5) is 29.7. The average Bonchev–Trinajstić information content (AvgIpc) is 2.69. The molecule has 0 unspecified atom stereocenters. The van der Waals surface area contributed by atoms with Crippen molar-refractivity contribution in [3.05, 3.63) is 78.0 Å². The number of aryl methyl sites for hydroxylation is 2. The molecule has 0 radical (unpaired) electrons. The van der Waals surface area contributed by atoms with Gasteiger partial charge in [-0.15, -0.1) is 0 Å². The van der Waals surface area contributed by atoms with E-state index in [1.165, 1.54) is 6.20 Å². The van der Waals surface area contributed by atoms with Crippen LogP contribution in [0.15, 0.2) is 61.1 Å². The van der Waals surface area contributed by atoms with Crippen molar-refractivity contribution >= 4 is 22.6 Å². The van der Waals surface area contributed by atoms with Gasteiger partial charge in [0.05, 0.1) is 28.6 Å². The molecule has 0 saturated heterocycles. The number of carbonyl (C=O) groups excluding carboxylic acids is 1. The second-order valence-electron chi connectivity index (χ2n) is 6.23. The number of benzene rings is 2. The Kier molecular flexibility index (Phi) is 4.63. The summed E-state index contributed by atoms with van der Waals surface area (Å²) in [6.07, 6.45) is 4.64. The Balaban J connectivity index is 1.54. The number of nitrogens with one attached hydrogen (secondary N) is 1. The van der Waals surface area contributed by atoms with Crippen molar-refractivity contribution in [2.75, 3.05) is 5.32 Å². The van der Waals surface area contributed by atoms with Crippen molar-refractivity contribution in [2.45, 2.75) is 13.8 Å². The fourth-order valence-corrected chi connectivity index (χ4v) is 2.67. The van der Waals surface area contributed by atoms with E-state index in [4.69, 9.17) is 4.74 Å². The number of hydrogen-bond acceptors (Lipinski definition) is 6. The number of anilines is 1. The van der Waals surface area contributed by atoms with Crippen LogP contribution in [0.2, 0.25) is 0 Å². The molecular weight excluding hydrogens is 354 g/mol. The van der Waals surface area contributed by atoms with Gasteiger partial charge < -0.3 is 10.1 Å². The fraction of sp³-hybridized carbons (Fsp3) is 0.0952. The maximum absolute atomic E-state index is 12.7. The van der Waals surface area contributed by atoms with Crippen LogP contribution in [0.25, 0.3) is 11.0 Å². The van der Waals surface area contributed by atoms with Gasteiger partial charge in [0.2, 0.25) is 5.88 Å². The Morgan fingerprint density at radius 2 is 1.79 bits per heavy atom. The average molecular weight is 371 g/mol. The fourth-order valence-electron chi connectivity index (χ4n) is 2.67. The first kappa shape index (κ1) is 17.5. The zero-order chi connectivity index (χ0) is 19.5. The molecule has 7 nitrogen and oxygen atoms in total. The molecule has 4 aromatic rings. The molecule has 0 fully saturated rings. The maximum Gasteiger partial charge on any atom is 0.255 e. The monoisotopic (exact) mass is 371 g/mol. The molecular formula is C21H17N5O2. The summed E-state index contributed by atoms with van der Waals surface area (Å²) in [7, 11) is 0. The smallest absolute Gasteiger partial charge is 0.255 e. The standard InChI is InChI=1S/C21H17N5O2/c1-13-14(2)25-19-10-15(6-7-18(19)24-13)21(27)26-16-4-3-5-17(11-16)28-20-12-22-8-9-23-20/h3-12H,1-2H3,(H,26,27). The van der Waals surface area contributed by atoms with Gasteiger partial charge in [-0.1, -0.05) is 6.07 Å². The van der Waals surface area contributed by atoms with Gasteiger partial charge in [0.25, 0.3) is 5.91 Å². The highest BCUT2D eigenvalue weighted by molar-refractivity contribution is 6.06. The van der Waals surface area contributed by atoms with Gasteiger partial charge >= 0.3 is 0 Å². The van der Waals surface area contributed by atoms with Crippen LogP contribution in [0, 0.1) is 13.8 Å². The number of nitrogens with zero attached hydrogens (tertiary/aromatic N) is 4. The van der Waals surface area contributed by atoms with Crippen molar-refractivity contribution in [3.8, 4) is 11.6 Å². The molecule has 28 heavy (non-hydrogen) atoms. The molecule has 0 aliphatic carbocycles. The van der Waals surface area contributed by atoms with Crippen molar-refractivity contribution in [1.82, 2.24) is 19.9 Å². The predicted octanol–water partition coefficient (Wildman–Crippen LogP) is 4.08. The number of aromatic nitrogens is 4. The molecule has 2 heterocycles. The number of hydrogen-bond donors (Lipinski definition) is 1. The Hall–Kier alpha value is -3.87. The molecule has 4 rings (SSSR count). The van der Waals surface area contributed by atoms with Crippen molar-refractivity contribution in [2.24, 2.45) is 0 Å². The lowest BCUT2D eigenvalue weighted by Crippen LogP contribution is -2.12. The number of carbonyl (C=O) groups is 1. The van der Waals surface area contributed by atoms with Crippen LogP contribution in [0.1, 0.15) is 21.7 Å². The van der Waals surface area contributed by atoms with E-state index in [-0.39, 0.29) is 5.91 Å². The third kappa shape index (κ3) is 3.78. The van der Waals surface area contributed by atoms with E-state index in [1.54, 1.807) is 54.9 Å². The normalized spacial score (nSPS) is 10.6. The van der Waals surface area contributed by atoms with Crippen LogP contribution in [0.5, 0.6) is 11.6 Å². The lowest BCUT2D eigenvalue weighted by atomic mass is 10.1. The number of rotatable bonds is 4. The summed E-state index contributed by atoms with van der Waals surface area (Å²) in [5, 5.41) is 2.87. The summed E-state index contributed by atoms with van der Waals surface area (Å²) >= 11 is 0. The highest BCUT2D eigenvalue weighted by Crippen LogP contribution is 2.23. The van der Waals surface area contributed by atoms with Gasteiger partial charge in [-0.3, -0.25) is 9.78 Å². The lowest BCUT2D eigenvalue weighted by Gasteiger charge is -2.09. The van der Waals surface area contributed by atoms with Crippen molar-refractivity contribution in [1.29, 1.82) is 0 Å². The molecule has 0 atom stereocenters. The molecule has 0 aliphatic rings. The Morgan fingerprint density at radius 1 is 0.964 bits per heavy atom. The lowest BCUT2D eigenvalue weighted by molar-refractivity contribution is 0.102. The molecule has 1 N–H and O–H groups in total. The largest absolute Gasteiger partial charge is 0.437 e. The predicted molar refractivity (Wildman–Crippen MR) is 106 cm³/mol. The number of amides is 1. The van der Waals surface area contributed by atoms with Crippen LogP contribution in [-0.2, 0) is 0 Å². The van der Waals surface area contributed by atoms with Gasteiger partial charge in [0.1, 0.15) is 5.75 Å². The van der Waals surface area contributed by atoms with Gasteiger partial charge in [0, 0.05) is 29.7 Å². The SMILES string of the molecule is Cc1nc2ccc(C(=O)Nc3cccc(Oc4cnccn4)c3)cc2nc1C. The molecule has 7 heteroatoms. The second-order valence-corrected chi connectivity index (χ2v) is 6.23. The van der Waals surface area contributed by atoms with Crippen LogP contribution < -0.4 is 10.1 Å². The minimum absolute atomic E-state index is 0.237. The van der Waals surface area contributed by atoms with E-state index in [9.17, 15) is 4.79 Å². The van der Waals surface area contributed by atoms with Crippen LogP contribution in [0.3, 0.4) is 0 Å². The minimum Gasteiger partial charge on any atom is -0.437 e. The first-order chi connectivity index (χ1) is 13.6. The maximum atomic E-state index is 12.7. The van der Waals surface area contributed by atoms with Gasteiger partial charge in [-0.05, 0) is 44.2 Å². The molecule has 0 bridgehead atoms. The molecule has 138 valence electrons. The summed E-state index contributed by atoms with van der Waals surface area (Å²) in [5.41, 5.74) is 4.29. The zero-order valence-corrected chi connectivity index (χ0v) is 15.4. The van der Waals surface area contributed by atoms with E-state index < -0.39 is 0 Å². The summed E-state index contributed by atoms with van der Waals surface area (Å²) < 4.78 is 5.65. The molecule has 2 aromatic carbocycles. The Labute approximate surface area is 161 Å². The van der Waals surface area contributed by atoms with Crippen LogP contribution >= 0.6 is 0 Å². The molecule has 0 saturated carbocycles. The molecule has 2 aromatic heterocycles. The summed E-state index contributed by atoms with van der Waals surface area (Å²) in [6, 6.07) is 12.4. The van der Waals surface area contributed by atoms with Crippen LogP contribution in [0.4, 0.5) is 5.69 Å². The first-order valence-corrected chi connectivity index (χ1v) is 8.69. The van der Waals surface area contributed by atoms with Crippen LogP contribution in [-0.4, -0.2) is 25.8 Å². The molecule has 0 aliphatic heterocycles. The molecule has 1 amide bonds. The van der Waals surface area contributed by atoms with E-state index >= 15 is 0 Å². The minimum atomic E-state index is -0.237. The third-order valence-corrected chi connectivity index (χ3v) is 4.19. The highest BCUT2D eigenvalue weighted by atomic mass is 16.5. The Bertz CT molecular complexity index is 1160. The zero-order valence-electron chi connectivity index (χ0n) is 15.4. The topological polar surface area (TPSA) is 89.9 Å². The number of ether oxygens (including phenoxy) is 1. The van der Waals surface area contributed by atoms with Gasteiger partial charge in [-0.2, -0.15) is 0 Å². The summed E-state index contributed by atoms with van der Waals surface area (Å²) in [5.74, 6) is 0.692. The Morgan fingerprint density at radius 3 is 2.57 bits per heavy atom. The van der Waals surface area contributed by atoms with Crippen molar-refractivity contribution < 1.29 is 9.53 Å². The quantitative estimate of drug-likeness (QED) is 0.581. The van der Waals surface area contributed by atoms with Gasteiger partial charge in [0.15, 0.2) is 0 Å². The second kappa shape index (κ2) is 7.40. The van der Waals surface area contributed by atoms with E-state index in [1.807, 2.05) is 13.8 Å². The highest BCUT2D eigenvalue weighted by Gasteiger charge is 2.10. The van der Waals surface area contributed by atoms with E-state index in [2.05, 4.69) is 25.3 Å².